The number of hydrogen-bond acceptors (Lipinski definition) is 7. The van der Waals surface area contributed by atoms with Crippen molar-refractivity contribution in [3.63, 3.8) is 0 Å². The number of nitrogens with zero attached hydrogens (tertiary/aromatic N) is 1. The third-order valence-corrected chi connectivity index (χ3v) is 5.98. The number of aliphatic hydroxyl groups excluding tert-OH is 1. The molecule has 3 aromatic carbocycles. The van der Waals surface area contributed by atoms with Crippen LogP contribution in [-0.4, -0.2) is 36.3 Å². The Balaban J connectivity index is 1.78. The number of hydrogen-bond donors (Lipinski definition) is 6. The number of carbonyl (C=O) groups is 1. The highest BCUT2D eigenvalue weighted by Crippen LogP contribution is 2.29. The molecule has 0 unspecified atom stereocenters. The molecular weight excluding hydrogens is 523 g/mol. The molecule has 0 atom stereocenters. The summed E-state index contributed by atoms with van der Waals surface area (Å²) in [5.41, 5.74) is 9.80. The molecular formula is C31H37FN6O3. The van der Waals surface area contributed by atoms with Gasteiger partial charge < -0.3 is 31.6 Å². The van der Waals surface area contributed by atoms with E-state index in [4.69, 9.17) is 21.0 Å². The largest absolute Gasteiger partial charge is 0.457 e. The Bertz CT molecular complexity index is 1430. The third-order valence-electron chi connectivity index (χ3n) is 5.98. The molecule has 3 rings (SSSR count). The number of nitrogens with two attached hydrogens (primary N) is 1. The molecule has 3 aromatic rings. The maximum absolute atomic E-state index is 14.2. The van der Waals surface area contributed by atoms with Gasteiger partial charge in [-0.15, -0.1) is 0 Å². The molecule has 41 heavy (non-hydrogen) atoms. The van der Waals surface area contributed by atoms with Crippen molar-refractivity contribution in [1.29, 1.82) is 5.41 Å². The lowest BCUT2D eigenvalue weighted by Gasteiger charge is -2.19. The highest BCUT2D eigenvalue weighted by molar-refractivity contribution is 6.05. The molecule has 0 heterocycles. The molecule has 9 nitrogen and oxygen atoms in total. The van der Waals surface area contributed by atoms with Gasteiger partial charge >= 0.3 is 6.03 Å². The monoisotopic (exact) mass is 560 g/mol. The topological polar surface area (TPSA) is 145 Å². The van der Waals surface area contributed by atoms with Gasteiger partial charge in [-0.3, -0.25) is 5.32 Å². The van der Waals surface area contributed by atoms with Crippen molar-refractivity contribution in [3.8, 4) is 11.5 Å². The van der Waals surface area contributed by atoms with E-state index < -0.39 is 11.8 Å². The zero-order valence-corrected chi connectivity index (χ0v) is 23.7. The highest BCUT2D eigenvalue weighted by Gasteiger charge is 2.16. The van der Waals surface area contributed by atoms with Gasteiger partial charge in [0.15, 0.2) is 0 Å². The van der Waals surface area contributed by atoms with Crippen LogP contribution in [0.25, 0.3) is 0 Å². The molecule has 7 N–H and O–H groups in total. The Morgan fingerprint density at radius 3 is 2.51 bits per heavy atom. The van der Waals surface area contributed by atoms with Gasteiger partial charge in [-0.25, -0.2) is 14.2 Å². The Morgan fingerprint density at radius 2 is 1.85 bits per heavy atom. The summed E-state index contributed by atoms with van der Waals surface area (Å²) in [6, 6.07) is 16.1. The number of halogens is 1. The average molecular weight is 561 g/mol. The second-order valence-electron chi connectivity index (χ2n) is 10.4. The first-order chi connectivity index (χ1) is 19.5. The fourth-order valence-electron chi connectivity index (χ4n) is 3.54. The molecule has 10 heteroatoms. The summed E-state index contributed by atoms with van der Waals surface area (Å²) >= 11 is 0. The number of aryl methyl sites for hydroxylation is 1. The molecule has 0 bridgehead atoms. The zero-order valence-electron chi connectivity index (χ0n) is 23.7. The predicted octanol–water partition coefficient (Wildman–Crippen LogP) is 5.75. The molecule has 0 saturated carbocycles. The number of allylic oxidation sites excluding steroid dienone is 1. The molecule has 0 aliphatic heterocycles. The summed E-state index contributed by atoms with van der Waals surface area (Å²) in [6.07, 6.45) is 2.79. The minimum absolute atomic E-state index is 0.0389. The summed E-state index contributed by atoms with van der Waals surface area (Å²) in [6.45, 7) is 8.10. The van der Waals surface area contributed by atoms with E-state index >= 15 is 0 Å². The van der Waals surface area contributed by atoms with E-state index in [1.54, 1.807) is 24.3 Å². The lowest BCUT2D eigenvalue weighted by atomic mass is 9.92. The van der Waals surface area contributed by atoms with Gasteiger partial charge in [-0.05, 0) is 55.5 Å². The lowest BCUT2D eigenvalue weighted by molar-refractivity contribution is 0.245. The normalized spacial score (nSPS) is 12.0. The molecule has 0 fully saturated rings. The van der Waals surface area contributed by atoms with Gasteiger partial charge in [-0.2, -0.15) is 0 Å². The number of aliphatic imine (C=N–C) groups is 1. The van der Waals surface area contributed by atoms with E-state index in [1.807, 2.05) is 52.0 Å². The van der Waals surface area contributed by atoms with Gasteiger partial charge in [0.05, 0.1) is 12.3 Å². The number of nitrogens with one attached hydrogen (secondary N) is 4. The smallest absolute Gasteiger partial charge is 0.320 e. The Morgan fingerprint density at radius 1 is 1.12 bits per heavy atom. The first-order valence-corrected chi connectivity index (χ1v) is 13.1. The van der Waals surface area contributed by atoms with Crippen molar-refractivity contribution >= 4 is 29.5 Å². The Hall–Kier alpha value is -4.70. The SMILES string of the molecule is Cc1ccc(N=C(C=C(N)C(C)(C)C)NC(=O)NCc2cc(F)ccc2Oc2ccc(NCCO)c(C=N)c2)cc1. The van der Waals surface area contributed by atoms with Crippen molar-refractivity contribution in [2.45, 2.75) is 34.2 Å². The van der Waals surface area contributed by atoms with Gasteiger partial charge in [0.2, 0.25) is 0 Å². The second kappa shape index (κ2) is 14.1. The lowest BCUT2D eigenvalue weighted by Crippen LogP contribution is -2.39. The first kappa shape index (κ1) is 30.8. The van der Waals surface area contributed by atoms with Crippen LogP contribution in [0.2, 0.25) is 0 Å². The number of rotatable bonds is 10. The first-order valence-electron chi connectivity index (χ1n) is 13.1. The number of amides is 2. The number of benzene rings is 3. The van der Waals surface area contributed by atoms with Crippen molar-refractivity contribution < 1.29 is 19.0 Å². The van der Waals surface area contributed by atoms with Crippen molar-refractivity contribution in [2.24, 2.45) is 16.1 Å². The fourth-order valence-corrected chi connectivity index (χ4v) is 3.54. The zero-order chi connectivity index (χ0) is 30.0. The van der Waals surface area contributed by atoms with Crippen LogP contribution in [0.3, 0.4) is 0 Å². The van der Waals surface area contributed by atoms with E-state index in [0.29, 0.717) is 46.2 Å². The Labute approximate surface area is 239 Å². The highest BCUT2D eigenvalue weighted by atomic mass is 19.1. The van der Waals surface area contributed by atoms with E-state index in [9.17, 15) is 9.18 Å². The van der Waals surface area contributed by atoms with E-state index in [0.717, 1.165) is 5.56 Å². The van der Waals surface area contributed by atoms with Crippen LogP contribution in [0.5, 0.6) is 11.5 Å². The quantitative estimate of drug-likeness (QED) is 0.138. The number of anilines is 1. The summed E-state index contributed by atoms with van der Waals surface area (Å²) in [7, 11) is 0. The second-order valence-corrected chi connectivity index (χ2v) is 10.4. The summed E-state index contributed by atoms with van der Waals surface area (Å²) in [5, 5.41) is 25.2. The predicted molar refractivity (Wildman–Crippen MR) is 162 cm³/mol. The molecule has 0 aromatic heterocycles. The number of urea groups is 1. The minimum Gasteiger partial charge on any atom is -0.457 e. The van der Waals surface area contributed by atoms with Crippen LogP contribution >= 0.6 is 0 Å². The van der Waals surface area contributed by atoms with E-state index in [2.05, 4.69) is 20.9 Å². The van der Waals surface area contributed by atoms with Gasteiger partial charge in [-0.1, -0.05) is 38.5 Å². The van der Waals surface area contributed by atoms with E-state index in [-0.39, 0.29) is 24.4 Å². The van der Waals surface area contributed by atoms with E-state index in [1.165, 1.54) is 24.4 Å². The van der Waals surface area contributed by atoms with Crippen molar-refractivity contribution in [1.82, 2.24) is 10.6 Å². The number of aliphatic hydroxyl groups is 1. The van der Waals surface area contributed by atoms with Crippen molar-refractivity contribution in [2.75, 3.05) is 18.5 Å². The van der Waals surface area contributed by atoms with Gasteiger partial charge in [0.1, 0.15) is 23.2 Å². The molecule has 0 aliphatic carbocycles. The summed E-state index contributed by atoms with van der Waals surface area (Å²) < 4.78 is 20.1. The fraction of sp³-hybridized carbons (Fsp3) is 0.258. The van der Waals surface area contributed by atoms with Gasteiger partial charge in [0.25, 0.3) is 0 Å². The van der Waals surface area contributed by atoms with Crippen LogP contribution in [0.15, 0.2) is 77.4 Å². The van der Waals surface area contributed by atoms with Crippen LogP contribution in [0.1, 0.15) is 37.5 Å². The van der Waals surface area contributed by atoms with Crippen LogP contribution in [-0.2, 0) is 6.54 Å². The maximum atomic E-state index is 14.2. The third kappa shape index (κ3) is 9.47. The molecule has 0 saturated heterocycles. The Kier molecular flexibility index (Phi) is 10.6. The number of ether oxygens (including phenoxy) is 1. The minimum atomic E-state index is -0.561. The van der Waals surface area contributed by atoms with Crippen LogP contribution in [0, 0.1) is 23.6 Å². The maximum Gasteiger partial charge on any atom is 0.320 e. The molecule has 0 radical (unpaired) electrons. The van der Waals surface area contributed by atoms with Crippen molar-refractivity contribution in [3.05, 3.63) is 94.9 Å². The number of amidine groups is 1. The molecule has 2 amide bonds. The number of carbonyl (C=O) groups excluding carboxylic acids is 1. The molecule has 0 spiro atoms. The average Bonchev–Trinajstić information content (AvgIpc) is 2.93. The van der Waals surface area contributed by atoms with Gasteiger partial charge in [0, 0.05) is 53.3 Å². The van der Waals surface area contributed by atoms with Crippen LogP contribution < -0.4 is 26.4 Å². The molecule has 216 valence electrons. The summed E-state index contributed by atoms with van der Waals surface area (Å²) in [4.78, 5) is 17.5. The van der Waals surface area contributed by atoms with Crippen LogP contribution in [0.4, 0.5) is 20.6 Å². The standard InChI is InChI=1S/C31H37FN6O3/c1-20-5-8-24(9-6-20)37-29(17-28(34)31(2,3)4)38-30(40)36-19-22-15-23(32)7-12-27(22)41-25-10-11-26(35-13-14-39)21(16-25)18-33/h5-12,15-18,33,35,39H,13-14,19,34H2,1-4H3,(H2,36,37,38,40). The summed E-state index contributed by atoms with van der Waals surface area (Å²) in [5.74, 6) is 0.527. The molecule has 0 aliphatic rings.